The summed E-state index contributed by atoms with van der Waals surface area (Å²) in [5.41, 5.74) is 0.948. The van der Waals surface area contributed by atoms with E-state index in [-0.39, 0.29) is 18.3 Å². The van der Waals surface area contributed by atoms with Gasteiger partial charge >= 0.3 is 0 Å². The molecular formula is C19H19FN4O4S. The summed E-state index contributed by atoms with van der Waals surface area (Å²) in [6.45, 7) is 0.0833. The van der Waals surface area contributed by atoms with Crippen LogP contribution in [0.15, 0.2) is 36.4 Å². The third-order valence-corrected chi connectivity index (χ3v) is 4.43. The molecule has 0 aliphatic heterocycles. The largest absolute Gasteiger partial charge is 0.493 e. The van der Waals surface area contributed by atoms with Gasteiger partial charge in [0.25, 0.3) is 5.91 Å². The van der Waals surface area contributed by atoms with Crippen LogP contribution < -0.4 is 19.5 Å². The zero-order valence-electron chi connectivity index (χ0n) is 16.0. The molecule has 152 valence electrons. The van der Waals surface area contributed by atoms with Crippen LogP contribution in [0.4, 0.5) is 4.39 Å². The molecule has 2 N–H and O–H groups in total. The SMILES string of the molecule is COc1cc(C(=O)NCc2n[nH]c(=S)n2-c2ccc(F)cc2)cc(OC)c1OC. The van der Waals surface area contributed by atoms with Crippen molar-refractivity contribution in [1.29, 1.82) is 0 Å². The molecule has 3 aromatic rings. The van der Waals surface area contributed by atoms with Crippen LogP contribution in [0.1, 0.15) is 16.2 Å². The van der Waals surface area contributed by atoms with Crippen molar-refractivity contribution in [3.63, 3.8) is 0 Å². The lowest BCUT2D eigenvalue weighted by molar-refractivity contribution is 0.0949. The van der Waals surface area contributed by atoms with Gasteiger partial charge in [0, 0.05) is 11.3 Å². The molecule has 8 nitrogen and oxygen atoms in total. The van der Waals surface area contributed by atoms with Gasteiger partial charge in [0.1, 0.15) is 5.82 Å². The van der Waals surface area contributed by atoms with Gasteiger partial charge < -0.3 is 19.5 Å². The summed E-state index contributed by atoms with van der Waals surface area (Å²) < 4.78 is 30.9. The summed E-state index contributed by atoms with van der Waals surface area (Å²) in [6.07, 6.45) is 0. The van der Waals surface area contributed by atoms with Crippen LogP contribution in [-0.4, -0.2) is 42.0 Å². The normalized spacial score (nSPS) is 10.5. The summed E-state index contributed by atoms with van der Waals surface area (Å²) in [5.74, 6) is 0.855. The van der Waals surface area contributed by atoms with Gasteiger partial charge in [0.2, 0.25) is 5.75 Å². The number of amides is 1. The minimum Gasteiger partial charge on any atom is -0.493 e. The molecule has 10 heteroatoms. The number of hydrogen-bond donors (Lipinski definition) is 2. The number of carbonyl (C=O) groups is 1. The summed E-state index contributed by atoms with van der Waals surface area (Å²) in [4.78, 5) is 12.7. The van der Waals surface area contributed by atoms with E-state index in [0.29, 0.717) is 39.1 Å². The van der Waals surface area contributed by atoms with Crippen molar-refractivity contribution in [2.45, 2.75) is 6.54 Å². The van der Waals surface area contributed by atoms with Gasteiger partial charge in [-0.1, -0.05) is 0 Å². The minimum atomic E-state index is -0.371. The van der Waals surface area contributed by atoms with Gasteiger partial charge in [-0.3, -0.25) is 14.5 Å². The Morgan fingerprint density at radius 2 is 1.76 bits per heavy atom. The highest BCUT2D eigenvalue weighted by Gasteiger charge is 2.18. The second-order valence-corrected chi connectivity index (χ2v) is 6.24. The third-order valence-electron chi connectivity index (χ3n) is 4.16. The molecule has 0 saturated heterocycles. The molecular weight excluding hydrogens is 399 g/mol. The Labute approximate surface area is 171 Å². The Kier molecular flexibility index (Phi) is 6.13. The number of ether oxygens (including phenoxy) is 3. The molecule has 0 aliphatic rings. The number of H-pyrrole nitrogens is 1. The lowest BCUT2D eigenvalue weighted by Crippen LogP contribution is -2.24. The molecule has 3 rings (SSSR count). The van der Waals surface area contributed by atoms with E-state index >= 15 is 0 Å². The van der Waals surface area contributed by atoms with Crippen molar-refractivity contribution >= 4 is 18.1 Å². The number of carbonyl (C=O) groups excluding carboxylic acids is 1. The quantitative estimate of drug-likeness (QED) is 0.574. The van der Waals surface area contributed by atoms with Gasteiger partial charge in [-0.2, -0.15) is 5.10 Å². The van der Waals surface area contributed by atoms with E-state index in [0.717, 1.165) is 0 Å². The maximum absolute atomic E-state index is 13.2. The Morgan fingerprint density at radius 1 is 1.14 bits per heavy atom. The first-order chi connectivity index (χ1) is 14.0. The number of rotatable bonds is 7. The molecule has 1 heterocycles. The van der Waals surface area contributed by atoms with Crippen molar-refractivity contribution in [1.82, 2.24) is 20.1 Å². The predicted molar refractivity (Wildman–Crippen MR) is 106 cm³/mol. The Balaban J connectivity index is 1.84. The van der Waals surface area contributed by atoms with Crippen molar-refractivity contribution in [2.24, 2.45) is 0 Å². The number of halogens is 1. The van der Waals surface area contributed by atoms with E-state index in [1.165, 1.54) is 33.5 Å². The molecule has 0 atom stereocenters. The van der Waals surface area contributed by atoms with Crippen LogP contribution in [0.2, 0.25) is 0 Å². The summed E-state index contributed by atoms with van der Waals surface area (Å²) >= 11 is 5.25. The average molecular weight is 418 g/mol. The van der Waals surface area contributed by atoms with E-state index in [1.807, 2.05) is 0 Å². The maximum atomic E-state index is 13.2. The van der Waals surface area contributed by atoms with Crippen LogP contribution in [0, 0.1) is 10.6 Å². The Bertz CT molecular complexity index is 1050. The molecule has 1 aromatic heterocycles. The maximum Gasteiger partial charge on any atom is 0.251 e. The number of aromatic nitrogens is 3. The van der Waals surface area contributed by atoms with Crippen molar-refractivity contribution in [3.05, 3.63) is 58.4 Å². The fourth-order valence-corrected chi connectivity index (χ4v) is 3.03. The fourth-order valence-electron chi connectivity index (χ4n) is 2.78. The van der Waals surface area contributed by atoms with Crippen molar-refractivity contribution < 1.29 is 23.4 Å². The molecule has 0 radical (unpaired) electrons. The van der Waals surface area contributed by atoms with E-state index < -0.39 is 0 Å². The first-order valence-corrected chi connectivity index (χ1v) is 8.89. The zero-order chi connectivity index (χ0) is 21.0. The molecule has 2 aromatic carbocycles. The number of nitrogens with zero attached hydrogens (tertiary/aromatic N) is 2. The summed E-state index contributed by atoms with van der Waals surface area (Å²) in [7, 11) is 4.43. The van der Waals surface area contributed by atoms with Crippen molar-refractivity contribution in [2.75, 3.05) is 21.3 Å². The second kappa shape index (κ2) is 8.74. The molecule has 0 aliphatic carbocycles. The van der Waals surface area contributed by atoms with Gasteiger partial charge in [0.05, 0.1) is 27.9 Å². The monoisotopic (exact) mass is 418 g/mol. The lowest BCUT2D eigenvalue weighted by Gasteiger charge is -2.14. The topological polar surface area (TPSA) is 90.4 Å². The van der Waals surface area contributed by atoms with E-state index in [9.17, 15) is 9.18 Å². The Hall–Kier alpha value is -3.40. The molecule has 1 amide bonds. The fraction of sp³-hybridized carbons (Fsp3) is 0.211. The second-order valence-electron chi connectivity index (χ2n) is 5.85. The van der Waals surface area contributed by atoms with Crippen LogP contribution in [0.3, 0.4) is 0 Å². The molecule has 0 fully saturated rings. The molecule has 0 bridgehead atoms. The van der Waals surface area contributed by atoms with E-state index in [1.54, 1.807) is 28.8 Å². The van der Waals surface area contributed by atoms with Crippen LogP contribution in [0.5, 0.6) is 17.2 Å². The van der Waals surface area contributed by atoms with Gasteiger partial charge in [-0.25, -0.2) is 4.39 Å². The van der Waals surface area contributed by atoms with E-state index in [4.69, 9.17) is 26.4 Å². The number of hydrogen-bond acceptors (Lipinski definition) is 6. The highest BCUT2D eigenvalue weighted by molar-refractivity contribution is 7.71. The predicted octanol–water partition coefficient (Wildman–Crippen LogP) is 3.02. The van der Waals surface area contributed by atoms with Gasteiger partial charge in [-0.05, 0) is 48.6 Å². The lowest BCUT2D eigenvalue weighted by atomic mass is 10.1. The number of methoxy groups -OCH3 is 3. The molecule has 0 saturated carbocycles. The zero-order valence-corrected chi connectivity index (χ0v) is 16.8. The molecule has 29 heavy (non-hydrogen) atoms. The number of benzene rings is 2. The van der Waals surface area contributed by atoms with Gasteiger partial charge in [0.15, 0.2) is 22.1 Å². The standard InChI is InChI=1S/C19H19FN4O4S/c1-26-14-8-11(9-15(27-2)17(14)28-3)18(25)21-10-16-22-23-19(29)24(16)13-6-4-12(20)5-7-13/h4-9H,10H2,1-3H3,(H,21,25)(H,23,29). The number of nitrogens with one attached hydrogen (secondary N) is 2. The smallest absolute Gasteiger partial charge is 0.251 e. The average Bonchev–Trinajstić information content (AvgIpc) is 3.11. The van der Waals surface area contributed by atoms with Crippen molar-refractivity contribution in [3.8, 4) is 22.9 Å². The highest BCUT2D eigenvalue weighted by Crippen LogP contribution is 2.38. The van der Waals surface area contributed by atoms with Crippen LogP contribution in [0.25, 0.3) is 5.69 Å². The van der Waals surface area contributed by atoms with Crippen LogP contribution >= 0.6 is 12.2 Å². The van der Waals surface area contributed by atoms with E-state index in [2.05, 4.69) is 15.5 Å². The highest BCUT2D eigenvalue weighted by atomic mass is 32.1. The summed E-state index contributed by atoms with van der Waals surface area (Å²) in [5, 5.41) is 9.60. The summed E-state index contributed by atoms with van der Waals surface area (Å²) in [6, 6.07) is 8.89. The number of aromatic amines is 1. The third kappa shape index (κ3) is 4.21. The molecule has 0 spiro atoms. The first kappa shape index (κ1) is 20.3. The molecule has 0 unspecified atom stereocenters. The first-order valence-electron chi connectivity index (χ1n) is 8.49. The van der Waals surface area contributed by atoms with Crippen LogP contribution in [-0.2, 0) is 6.54 Å². The van der Waals surface area contributed by atoms with Gasteiger partial charge in [-0.15, -0.1) is 0 Å². The minimum absolute atomic E-state index is 0.0833. The Morgan fingerprint density at radius 3 is 2.31 bits per heavy atom.